The summed E-state index contributed by atoms with van der Waals surface area (Å²) in [4.78, 5) is 0. The predicted octanol–water partition coefficient (Wildman–Crippen LogP) is 5.20. The standard InChI is InChI=1S/C15H14Br2FN/c1-10(11-2-5-13(16)6-3-11)19-9-12-4-7-14(17)8-15(12)18/h2-8,10,19H,9H2,1H3. The first kappa shape index (κ1) is 14.7. The van der Waals surface area contributed by atoms with Crippen LogP contribution >= 0.6 is 31.9 Å². The number of rotatable bonds is 4. The van der Waals surface area contributed by atoms with Gasteiger partial charge in [-0.05, 0) is 36.8 Å². The van der Waals surface area contributed by atoms with E-state index in [1.807, 2.05) is 18.2 Å². The van der Waals surface area contributed by atoms with Crippen molar-refractivity contribution in [3.8, 4) is 0 Å². The van der Waals surface area contributed by atoms with Crippen LogP contribution in [-0.2, 0) is 6.54 Å². The van der Waals surface area contributed by atoms with Gasteiger partial charge in [-0.3, -0.25) is 0 Å². The van der Waals surface area contributed by atoms with Crippen molar-refractivity contribution in [3.05, 3.63) is 68.4 Å². The van der Waals surface area contributed by atoms with Crippen LogP contribution in [0.25, 0.3) is 0 Å². The molecule has 0 radical (unpaired) electrons. The zero-order chi connectivity index (χ0) is 13.8. The first-order chi connectivity index (χ1) is 9.06. The van der Waals surface area contributed by atoms with Crippen molar-refractivity contribution in [2.75, 3.05) is 0 Å². The van der Waals surface area contributed by atoms with Crippen molar-refractivity contribution >= 4 is 31.9 Å². The molecule has 19 heavy (non-hydrogen) atoms. The Bertz CT molecular complexity index is 555. The van der Waals surface area contributed by atoms with Crippen LogP contribution in [0.1, 0.15) is 24.1 Å². The molecule has 0 amide bonds. The van der Waals surface area contributed by atoms with Gasteiger partial charge in [-0.2, -0.15) is 0 Å². The molecule has 2 aromatic rings. The molecule has 0 bridgehead atoms. The second-order valence-electron chi connectivity index (χ2n) is 4.39. The van der Waals surface area contributed by atoms with Gasteiger partial charge in [0, 0.05) is 27.1 Å². The summed E-state index contributed by atoms with van der Waals surface area (Å²) in [5, 5.41) is 3.32. The average Bonchev–Trinajstić information content (AvgIpc) is 2.38. The first-order valence-electron chi connectivity index (χ1n) is 5.99. The monoisotopic (exact) mass is 385 g/mol. The molecule has 0 fully saturated rings. The van der Waals surface area contributed by atoms with Gasteiger partial charge in [0.25, 0.3) is 0 Å². The molecule has 1 N–H and O–H groups in total. The van der Waals surface area contributed by atoms with E-state index in [1.54, 1.807) is 6.07 Å². The molecule has 0 heterocycles. The number of nitrogens with one attached hydrogen (secondary N) is 1. The highest BCUT2D eigenvalue weighted by molar-refractivity contribution is 9.10. The highest BCUT2D eigenvalue weighted by Crippen LogP contribution is 2.19. The van der Waals surface area contributed by atoms with Crippen LogP contribution in [0.15, 0.2) is 51.4 Å². The maximum absolute atomic E-state index is 13.7. The summed E-state index contributed by atoms with van der Waals surface area (Å²) in [7, 11) is 0. The number of benzene rings is 2. The Morgan fingerprint density at radius 2 is 1.68 bits per heavy atom. The lowest BCUT2D eigenvalue weighted by Gasteiger charge is -2.15. The van der Waals surface area contributed by atoms with Gasteiger partial charge in [0.05, 0.1) is 0 Å². The quantitative estimate of drug-likeness (QED) is 0.761. The van der Waals surface area contributed by atoms with Gasteiger partial charge < -0.3 is 5.32 Å². The Morgan fingerprint density at radius 3 is 2.32 bits per heavy atom. The summed E-state index contributed by atoms with van der Waals surface area (Å²) < 4.78 is 15.5. The van der Waals surface area contributed by atoms with Gasteiger partial charge in [-0.25, -0.2) is 4.39 Å². The van der Waals surface area contributed by atoms with E-state index < -0.39 is 0 Å². The van der Waals surface area contributed by atoms with Crippen molar-refractivity contribution in [1.82, 2.24) is 5.32 Å². The molecule has 0 saturated carbocycles. The van der Waals surface area contributed by atoms with Crippen LogP contribution < -0.4 is 5.32 Å². The number of halogens is 3. The Balaban J connectivity index is 2.00. The first-order valence-corrected chi connectivity index (χ1v) is 7.57. The summed E-state index contributed by atoms with van der Waals surface area (Å²) in [6, 6.07) is 13.4. The van der Waals surface area contributed by atoms with Gasteiger partial charge in [0.15, 0.2) is 0 Å². The van der Waals surface area contributed by atoms with Crippen molar-refractivity contribution in [2.45, 2.75) is 19.5 Å². The minimum Gasteiger partial charge on any atom is -0.306 e. The zero-order valence-electron chi connectivity index (χ0n) is 10.5. The topological polar surface area (TPSA) is 12.0 Å². The molecule has 0 saturated heterocycles. The maximum atomic E-state index is 13.7. The lowest BCUT2D eigenvalue weighted by Crippen LogP contribution is -2.18. The van der Waals surface area contributed by atoms with Gasteiger partial charge in [0.2, 0.25) is 0 Å². The van der Waals surface area contributed by atoms with E-state index in [2.05, 4.69) is 56.2 Å². The van der Waals surface area contributed by atoms with E-state index in [4.69, 9.17) is 0 Å². The summed E-state index contributed by atoms with van der Waals surface area (Å²) in [5.74, 6) is -0.190. The van der Waals surface area contributed by atoms with Gasteiger partial charge >= 0.3 is 0 Å². The summed E-state index contributed by atoms with van der Waals surface area (Å²) in [5.41, 5.74) is 1.85. The fourth-order valence-corrected chi connectivity index (χ4v) is 2.39. The molecule has 2 rings (SSSR count). The second-order valence-corrected chi connectivity index (χ2v) is 6.22. The van der Waals surface area contributed by atoms with E-state index >= 15 is 0 Å². The van der Waals surface area contributed by atoms with E-state index in [0.29, 0.717) is 12.1 Å². The number of hydrogen-bond acceptors (Lipinski definition) is 1. The van der Waals surface area contributed by atoms with Gasteiger partial charge in [0.1, 0.15) is 5.82 Å². The molecule has 0 spiro atoms. The van der Waals surface area contributed by atoms with E-state index in [9.17, 15) is 4.39 Å². The summed E-state index contributed by atoms with van der Waals surface area (Å²) in [6.45, 7) is 2.58. The molecule has 100 valence electrons. The van der Waals surface area contributed by atoms with Crippen LogP contribution in [-0.4, -0.2) is 0 Å². The Kier molecular flexibility index (Phi) is 5.13. The molecule has 0 aliphatic rings. The molecule has 1 unspecified atom stereocenters. The third-order valence-corrected chi connectivity index (χ3v) is 4.01. The van der Waals surface area contributed by atoms with E-state index in [-0.39, 0.29) is 11.9 Å². The third-order valence-electron chi connectivity index (χ3n) is 2.98. The molecule has 4 heteroatoms. The fourth-order valence-electron chi connectivity index (χ4n) is 1.80. The molecular formula is C15H14Br2FN. The van der Waals surface area contributed by atoms with E-state index in [0.717, 1.165) is 8.95 Å². The van der Waals surface area contributed by atoms with Gasteiger partial charge in [-0.1, -0.05) is 50.1 Å². The smallest absolute Gasteiger partial charge is 0.128 e. The second kappa shape index (κ2) is 6.64. The molecule has 0 aromatic heterocycles. The minimum absolute atomic E-state index is 0.177. The lowest BCUT2D eigenvalue weighted by atomic mass is 10.1. The normalized spacial score (nSPS) is 12.4. The lowest BCUT2D eigenvalue weighted by molar-refractivity contribution is 0.544. The Labute approximate surface area is 129 Å². The predicted molar refractivity (Wildman–Crippen MR) is 83.5 cm³/mol. The highest BCUT2D eigenvalue weighted by Gasteiger charge is 2.07. The Hall–Kier alpha value is -0.710. The van der Waals surface area contributed by atoms with Crippen LogP contribution in [0.5, 0.6) is 0 Å². The number of hydrogen-bond donors (Lipinski definition) is 1. The van der Waals surface area contributed by atoms with Gasteiger partial charge in [-0.15, -0.1) is 0 Å². The van der Waals surface area contributed by atoms with Crippen molar-refractivity contribution in [1.29, 1.82) is 0 Å². The minimum atomic E-state index is -0.190. The van der Waals surface area contributed by atoms with Crippen molar-refractivity contribution < 1.29 is 4.39 Å². The molecule has 1 atom stereocenters. The van der Waals surface area contributed by atoms with Crippen LogP contribution in [0.2, 0.25) is 0 Å². The molecule has 0 aliphatic heterocycles. The van der Waals surface area contributed by atoms with Crippen LogP contribution in [0.4, 0.5) is 4.39 Å². The molecular weight excluding hydrogens is 373 g/mol. The van der Waals surface area contributed by atoms with Crippen molar-refractivity contribution in [3.63, 3.8) is 0 Å². The molecule has 2 aromatic carbocycles. The highest BCUT2D eigenvalue weighted by atomic mass is 79.9. The average molecular weight is 387 g/mol. The SMILES string of the molecule is CC(NCc1ccc(Br)cc1F)c1ccc(Br)cc1. The fraction of sp³-hybridized carbons (Fsp3) is 0.200. The molecule has 1 nitrogen and oxygen atoms in total. The third kappa shape index (κ3) is 4.13. The van der Waals surface area contributed by atoms with E-state index in [1.165, 1.54) is 11.6 Å². The largest absolute Gasteiger partial charge is 0.306 e. The zero-order valence-corrected chi connectivity index (χ0v) is 13.6. The summed E-state index contributed by atoms with van der Waals surface area (Å²) in [6.07, 6.45) is 0. The summed E-state index contributed by atoms with van der Waals surface area (Å²) >= 11 is 6.67. The maximum Gasteiger partial charge on any atom is 0.128 e. The Morgan fingerprint density at radius 1 is 1.05 bits per heavy atom. The van der Waals surface area contributed by atoms with Crippen LogP contribution in [0, 0.1) is 5.82 Å². The van der Waals surface area contributed by atoms with Crippen LogP contribution in [0.3, 0.4) is 0 Å². The molecule has 0 aliphatic carbocycles. The van der Waals surface area contributed by atoms with Crippen molar-refractivity contribution in [2.24, 2.45) is 0 Å².